The molecular weight excluding hydrogens is 112 g/mol. The number of aromatic nitrogens is 2. The lowest BCUT2D eigenvalue weighted by Crippen LogP contribution is -1.92. The standard InChI is InChI=1S/C7H9N2/c1-3-7-8-5-4-6(2)9-7/h5H,3H2,1-2H3. The van der Waals surface area contributed by atoms with Crippen LogP contribution in [-0.4, -0.2) is 9.97 Å². The molecular formula is C7H9N2. The number of hydrogen-bond acceptors (Lipinski definition) is 2. The maximum Gasteiger partial charge on any atom is 0.128 e. The van der Waals surface area contributed by atoms with Gasteiger partial charge in [-0.05, 0) is 6.92 Å². The Balaban J connectivity index is 2.94. The highest BCUT2D eigenvalue weighted by molar-refractivity contribution is 4.97. The molecule has 1 radical (unpaired) electrons. The van der Waals surface area contributed by atoms with Crippen molar-refractivity contribution in [2.75, 3.05) is 0 Å². The first kappa shape index (κ1) is 6.20. The van der Waals surface area contributed by atoms with Crippen molar-refractivity contribution in [1.29, 1.82) is 0 Å². The molecule has 2 nitrogen and oxygen atoms in total. The molecule has 0 saturated heterocycles. The molecule has 1 aromatic rings. The fourth-order valence-electron chi connectivity index (χ4n) is 0.625. The van der Waals surface area contributed by atoms with Gasteiger partial charge in [-0.25, -0.2) is 9.97 Å². The second-order valence-corrected chi connectivity index (χ2v) is 1.87. The van der Waals surface area contributed by atoms with Crippen molar-refractivity contribution in [3.63, 3.8) is 0 Å². The number of rotatable bonds is 1. The Hall–Kier alpha value is -0.920. The maximum atomic E-state index is 4.12. The van der Waals surface area contributed by atoms with E-state index < -0.39 is 0 Å². The molecule has 1 rings (SSSR count). The van der Waals surface area contributed by atoms with E-state index in [1.165, 1.54) is 0 Å². The highest BCUT2D eigenvalue weighted by Crippen LogP contribution is 1.91. The molecule has 0 saturated carbocycles. The second-order valence-electron chi connectivity index (χ2n) is 1.87. The van der Waals surface area contributed by atoms with Gasteiger partial charge in [-0.2, -0.15) is 0 Å². The van der Waals surface area contributed by atoms with Crippen molar-refractivity contribution in [3.05, 3.63) is 23.8 Å². The van der Waals surface area contributed by atoms with Gasteiger partial charge in [-0.3, -0.25) is 0 Å². The zero-order chi connectivity index (χ0) is 6.69. The quantitative estimate of drug-likeness (QED) is 0.557. The molecule has 9 heavy (non-hydrogen) atoms. The molecule has 1 aromatic heterocycles. The van der Waals surface area contributed by atoms with Gasteiger partial charge < -0.3 is 0 Å². The molecule has 0 unspecified atom stereocenters. The average molecular weight is 121 g/mol. The van der Waals surface area contributed by atoms with E-state index in [1.54, 1.807) is 6.20 Å². The average Bonchev–Trinajstić information content (AvgIpc) is 1.88. The van der Waals surface area contributed by atoms with Gasteiger partial charge in [-0.1, -0.05) is 6.92 Å². The SMILES string of the molecule is CCc1nc[c]c(C)n1. The normalized spacial score (nSPS) is 9.56. The Morgan fingerprint density at radius 1 is 1.67 bits per heavy atom. The van der Waals surface area contributed by atoms with Gasteiger partial charge in [0.05, 0.1) is 0 Å². The second kappa shape index (κ2) is 2.58. The van der Waals surface area contributed by atoms with Crippen molar-refractivity contribution < 1.29 is 0 Å². The van der Waals surface area contributed by atoms with E-state index in [9.17, 15) is 0 Å². The van der Waals surface area contributed by atoms with E-state index in [2.05, 4.69) is 16.0 Å². The zero-order valence-electron chi connectivity index (χ0n) is 5.68. The summed E-state index contributed by atoms with van der Waals surface area (Å²) < 4.78 is 0. The molecule has 0 aliphatic carbocycles. The summed E-state index contributed by atoms with van der Waals surface area (Å²) in [5, 5.41) is 0. The van der Waals surface area contributed by atoms with Crippen LogP contribution in [0.4, 0.5) is 0 Å². The highest BCUT2D eigenvalue weighted by atomic mass is 14.9. The molecule has 0 aliphatic heterocycles. The van der Waals surface area contributed by atoms with Gasteiger partial charge in [0.1, 0.15) is 5.82 Å². The predicted octanol–water partition coefficient (Wildman–Crippen LogP) is 1.15. The van der Waals surface area contributed by atoms with Crippen LogP contribution in [0.15, 0.2) is 6.20 Å². The first-order valence-corrected chi connectivity index (χ1v) is 3.03. The van der Waals surface area contributed by atoms with Gasteiger partial charge in [0, 0.05) is 24.4 Å². The third kappa shape index (κ3) is 1.49. The lowest BCUT2D eigenvalue weighted by molar-refractivity contribution is 0.915. The van der Waals surface area contributed by atoms with E-state index in [0.717, 1.165) is 17.9 Å². The summed E-state index contributed by atoms with van der Waals surface area (Å²) in [7, 11) is 0. The van der Waals surface area contributed by atoms with Crippen LogP contribution in [0, 0.1) is 13.0 Å². The Kier molecular flexibility index (Phi) is 1.78. The maximum absolute atomic E-state index is 4.12. The van der Waals surface area contributed by atoms with Crippen molar-refractivity contribution >= 4 is 0 Å². The predicted molar refractivity (Wildman–Crippen MR) is 35.0 cm³/mol. The van der Waals surface area contributed by atoms with Gasteiger partial charge in [0.25, 0.3) is 0 Å². The fraction of sp³-hybridized carbons (Fsp3) is 0.429. The van der Waals surface area contributed by atoms with Crippen LogP contribution < -0.4 is 0 Å². The molecule has 2 heteroatoms. The smallest absolute Gasteiger partial charge is 0.128 e. The largest absolute Gasteiger partial charge is 0.241 e. The van der Waals surface area contributed by atoms with E-state index in [0.29, 0.717) is 0 Å². The van der Waals surface area contributed by atoms with Gasteiger partial charge in [-0.15, -0.1) is 0 Å². The van der Waals surface area contributed by atoms with Crippen LogP contribution in [0.3, 0.4) is 0 Å². The van der Waals surface area contributed by atoms with Crippen LogP contribution >= 0.6 is 0 Å². The minimum atomic E-state index is 0.895. The molecule has 47 valence electrons. The number of hydrogen-bond donors (Lipinski definition) is 0. The molecule has 1 heterocycles. The van der Waals surface area contributed by atoms with E-state index >= 15 is 0 Å². The monoisotopic (exact) mass is 121 g/mol. The minimum Gasteiger partial charge on any atom is -0.241 e. The molecule has 0 aromatic carbocycles. The van der Waals surface area contributed by atoms with E-state index in [1.807, 2.05) is 13.8 Å². The van der Waals surface area contributed by atoms with Crippen molar-refractivity contribution in [1.82, 2.24) is 9.97 Å². The summed E-state index contributed by atoms with van der Waals surface area (Å²) in [6.07, 6.45) is 2.57. The van der Waals surface area contributed by atoms with Crippen LogP contribution in [0.25, 0.3) is 0 Å². The minimum absolute atomic E-state index is 0.895. The van der Waals surface area contributed by atoms with E-state index in [4.69, 9.17) is 0 Å². The summed E-state index contributed by atoms with van der Waals surface area (Å²) in [5.74, 6) is 0.895. The van der Waals surface area contributed by atoms with Gasteiger partial charge in [0.15, 0.2) is 0 Å². The molecule has 0 bridgehead atoms. The van der Waals surface area contributed by atoms with E-state index in [-0.39, 0.29) is 0 Å². The molecule has 0 spiro atoms. The van der Waals surface area contributed by atoms with Crippen LogP contribution in [0.1, 0.15) is 18.4 Å². The lowest BCUT2D eigenvalue weighted by atomic mass is 10.4. The summed E-state index contributed by atoms with van der Waals surface area (Å²) in [6, 6.07) is 2.88. The molecule has 0 amide bonds. The first-order valence-electron chi connectivity index (χ1n) is 3.03. The summed E-state index contributed by atoms with van der Waals surface area (Å²) in [6.45, 7) is 3.95. The highest BCUT2D eigenvalue weighted by Gasteiger charge is 1.89. The Morgan fingerprint density at radius 2 is 2.44 bits per heavy atom. The Morgan fingerprint density at radius 3 is 2.89 bits per heavy atom. The van der Waals surface area contributed by atoms with Crippen molar-refractivity contribution in [2.45, 2.75) is 20.3 Å². The molecule has 0 N–H and O–H groups in total. The fourth-order valence-corrected chi connectivity index (χ4v) is 0.625. The zero-order valence-corrected chi connectivity index (χ0v) is 5.68. The van der Waals surface area contributed by atoms with Crippen LogP contribution in [0.2, 0.25) is 0 Å². The third-order valence-corrected chi connectivity index (χ3v) is 1.10. The number of nitrogens with zero attached hydrogens (tertiary/aromatic N) is 2. The molecule has 0 fully saturated rings. The summed E-state index contributed by atoms with van der Waals surface area (Å²) >= 11 is 0. The number of aryl methyl sites for hydroxylation is 2. The van der Waals surface area contributed by atoms with Gasteiger partial charge >= 0.3 is 0 Å². The third-order valence-electron chi connectivity index (χ3n) is 1.10. The molecule has 0 atom stereocenters. The van der Waals surface area contributed by atoms with Crippen LogP contribution in [-0.2, 0) is 6.42 Å². The van der Waals surface area contributed by atoms with Gasteiger partial charge in [0.2, 0.25) is 0 Å². The van der Waals surface area contributed by atoms with Crippen LogP contribution in [0.5, 0.6) is 0 Å². The lowest BCUT2D eigenvalue weighted by Gasteiger charge is -1.92. The van der Waals surface area contributed by atoms with Crippen molar-refractivity contribution in [3.8, 4) is 0 Å². The first-order chi connectivity index (χ1) is 4.33. The Labute approximate surface area is 55.0 Å². The Bertz CT molecular complexity index is 196. The molecule has 0 aliphatic rings. The topological polar surface area (TPSA) is 25.8 Å². The van der Waals surface area contributed by atoms with Crippen molar-refractivity contribution in [2.24, 2.45) is 0 Å². The summed E-state index contributed by atoms with van der Waals surface area (Å²) in [4.78, 5) is 8.12. The summed E-state index contributed by atoms with van der Waals surface area (Å²) in [5.41, 5.74) is 0.918.